The van der Waals surface area contributed by atoms with Crippen LogP contribution in [-0.2, 0) is 9.59 Å². The molecule has 1 heterocycles. The normalized spacial score (nSPS) is 26.2. The van der Waals surface area contributed by atoms with Crippen LogP contribution >= 0.6 is 11.6 Å². The van der Waals surface area contributed by atoms with E-state index in [9.17, 15) is 14.7 Å². The van der Waals surface area contributed by atoms with Gasteiger partial charge in [0.05, 0.1) is 24.1 Å². The zero-order valence-corrected chi connectivity index (χ0v) is 14.3. The maximum atomic E-state index is 12.3. The molecule has 6 nitrogen and oxygen atoms in total. The van der Waals surface area contributed by atoms with Gasteiger partial charge in [-0.25, -0.2) is 0 Å². The third-order valence-electron chi connectivity index (χ3n) is 5.17. The van der Waals surface area contributed by atoms with E-state index in [1.807, 2.05) is 4.90 Å². The summed E-state index contributed by atoms with van der Waals surface area (Å²) in [5.41, 5.74) is -0.0675. The van der Waals surface area contributed by atoms with Gasteiger partial charge in [0.15, 0.2) is 0 Å². The van der Waals surface area contributed by atoms with Crippen LogP contribution in [0, 0.1) is 11.3 Å². The van der Waals surface area contributed by atoms with Gasteiger partial charge in [-0.15, -0.1) is 0 Å². The Bertz CT molecular complexity index is 666. The molecule has 1 amide bonds. The number of nitrogens with zero attached hydrogens (tertiary/aromatic N) is 1. The Labute approximate surface area is 145 Å². The van der Waals surface area contributed by atoms with Crippen molar-refractivity contribution in [1.29, 1.82) is 0 Å². The number of aliphatic carboxylic acids is 1. The lowest BCUT2D eigenvalue weighted by atomic mass is 9.81. The molecular weight excluding hydrogens is 332 g/mol. The molecule has 0 aromatic heterocycles. The van der Waals surface area contributed by atoms with Crippen molar-refractivity contribution in [1.82, 2.24) is 4.90 Å². The predicted molar refractivity (Wildman–Crippen MR) is 90.5 cm³/mol. The molecule has 1 saturated carbocycles. The first-order valence-corrected chi connectivity index (χ1v) is 8.41. The lowest BCUT2D eigenvalue weighted by molar-refractivity contribution is -0.149. The molecule has 0 unspecified atom stereocenters. The Morgan fingerprint density at radius 1 is 1.50 bits per heavy atom. The van der Waals surface area contributed by atoms with Gasteiger partial charge in [-0.3, -0.25) is 14.5 Å². The van der Waals surface area contributed by atoms with Crippen LogP contribution in [0.2, 0.25) is 5.02 Å². The first-order chi connectivity index (χ1) is 11.4. The quantitative estimate of drug-likeness (QED) is 0.851. The van der Waals surface area contributed by atoms with Gasteiger partial charge < -0.3 is 15.2 Å². The predicted octanol–water partition coefficient (Wildman–Crippen LogP) is 2.47. The Morgan fingerprint density at radius 3 is 2.92 bits per heavy atom. The standard InChI is InChI=1S/C17H21ClN2O4/c1-24-14-5-4-12(7-13(14)18)19-15(21)9-20-8-11-3-2-6-17(11,10-20)16(22)23/h4-5,7,11H,2-3,6,8-10H2,1H3,(H,19,21)(H,22,23)/t11-,17+/m0/s1. The van der Waals surface area contributed by atoms with Gasteiger partial charge >= 0.3 is 5.97 Å². The number of carboxylic acid groups (broad SMARTS) is 1. The minimum absolute atomic E-state index is 0.151. The third kappa shape index (κ3) is 3.08. The molecule has 24 heavy (non-hydrogen) atoms. The van der Waals surface area contributed by atoms with E-state index >= 15 is 0 Å². The molecule has 7 heteroatoms. The first kappa shape index (κ1) is 17.0. The average molecular weight is 353 g/mol. The summed E-state index contributed by atoms with van der Waals surface area (Å²) in [6, 6.07) is 5.05. The fourth-order valence-electron chi connectivity index (χ4n) is 4.01. The van der Waals surface area contributed by atoms with E-state index in [4.69, 9.17) is 16.3 Å². The van der Waals surface area contributed by atoms with E-state index in [2.05, 4.69) is 5.32 Å². The number of carboxylic acids is 1. The Morgan fingerprint density at radius 2 is 2.29 bits per heavy atom. The third-order valence-corrected chi connectivity index (χ3v) is 5.47. The summed E-state index contributed by atoms with van der Waals surface area (Å²) in [4.78, 5) is 25.9. The molecule has 130 valence electrons. The van der Waals surface area contributed by atoms with Crippen molar-refractivity contribution in [3.05, 3.63) is 23.2 Å². The van der Waals surface area contributed by atoms with Gasteiger partial charge in [0, 0.05) is 18.8 Å². The van der Waals surface area contributed by atoms with Crippen LogP contribution in [0.5, 0.6) is 5.75 Å². The lowest BCUT2D eigenvalue weighted by Crippen LogP contribution is -2.37. The number of amides is 1. The number of nitrogens with one attached hydrogen (secondary N) is 1. The number of anilines is 1. The molecule has 0 radical (unpaired) electrons. The largest absolute Gasteiger partial charge is 0.495 e. The fraction of sp³-hybridized carbons (Fsp3) is 0.529. The molecule has 1 saturated heterocycles. The number of ether oxygens (including phenoxy) is 1. The summed E-state index contributed by atoms with van der Waals surface area (Å²) in [5.74, 6) is -0.199. The van der Waals surface area contributed by atoms with Crippen LogP contribution in [0.25, 0.3) is 0 Å². The number of hydrogen-bond donors (Lipinski definition) is 2. The van der Waals surface area contributed by atoms with E-state index in [1.165, 1.54) is 7.11 Å². The Hall–Kier alpha value is -1.79. The molecule has 0 bridgehead atoms. The van der Waals surface area contributed by atoms with Crippen LogP contribution < -0.4 is 10.1 Å². The van der Waals surface area contributed by atoms with Gasteiger partial charge in [0.1, 0.15) is 5.75 Å². The maximum Gasteiger partial charge on any atom is 0.311 e. The number of hydrogen-bond acceptors (Lipinski definition) is 4. The van der Waals surface area contributed by atoms with Crippen molar-refractivity contribution in [2.45, 2.75) is 19.3 Å². The number of rotatable bonds is 5. The molecule has 1 aromatic carbocycles. The van der Waals surface area contributed by atoms with E-state index in [0.29, 0.717) is 36.0 Å². The summed E-state index contributed by atoms with van der Waals surface area (Å²) in [7, 11) is 1.53. The second kappa shape index (κ2) is 6.61. The maximum absolute atomic E-state index is 12.3. The van der Waals surface area contributed by atoms with Gasteiger partial charge in [-0.2, -0.15) is 0 Å². The first-order valence-electron chi connectivity index (χ1n) is 8.04. The minimum atomic E-state index is -0.727. The summed E-state index contributed by atoms with van der Waals surface area (Å²) in [5, 5.41) is 12.8. The molecule has 1 aliphatic heterocycles. The Balaban J connectivity index is 1.60. The highest BCUT2D eigenvalue weighted by Gasteiger charge is 2.54. The average Bonchev–Trinajstić information content (AvgIpc) is 3.05. The highest BCUT2D eigenvalue weighted by atomic mass is 35.5. The number of carbonyl (C=O) groups is 2. The number of methoxy groups -OCH3 is 1. The summed E-state index contributed by atoms with van der Waals surface area (Å²) >= 11 is 6.05. The van der Waals surface area contributed by atoms with Crippen LogP contribution in [0.15, 0.2) is 18.2 Å². The van der Waals surface area contributed by atoms with E-state index in [0.717, 1.165) is 12.8 Å². The molecule has 3 rings (SSSR count). The second-order valence-corrected chi connectivity index (χ2v) is 7.02. The number of carbonyl (C=O) groups excluding carboxylic acids is 1. The monoisotopic (exact) mass is 352 g/mol. The minimum Gasteiger partial charge on any atom is -0.495 e. The number of likely N-dealkylation sites (tertiary alicyclic amines) is 1. The van der Waals surface area contributed by atoms with Crippen molar-refractivity contribution < 1.29 is 19.4 Å². The zero-order chi connectivity index (χ0) is 17.3. The zero-order valence-electron chi connectivity index (χ0n) is 13.5. The highest BCUT2D eigenvalue weighted by molar-refractivity contribution is 6.32. The number of fused-ring (bicyclic) bond motifs is 1. The van der Waals surface area contributed by atoms with Gasteiger partial charge in [0.25, 0.3) is 0 Å². The fourth-order valence-corrected chi connectivity index (χ4v) is 4.27. The molecule has 1 aromatic rings. The van der Waals surface area contributed by atoms with Crippen molar-refractivity contribution >= 4 is 29.2 Å². The van der Waals surface area contributed by atoms with Crippen molar-refractivity contribution in [2.24, 2.45) is 11.3 Å². The molecule has 0 spiro atoms. The van der Waals surface area contributed by atoms with Gasteiger partial charge in [0.2, 0.25) is 5.91 Å². The number of benzene rings is 1. The smallest absolute Gasteiger partial charge is 0.311 e. The van der Waals surface area contributed by atoms with Crippen LogP contribution in [-0.4, -0.2) is 48.6 Å². The summed E-state index contributed by atoms with van der Waals surface area (Å²) in [6.45, 7) is 1.31. The van der Waals surface area contributed by atoms with Crippen LogP contribution in [0.4, 0.5) is 5.69 Å². The lowest BCUT2D eigenvalue weighted by Gasteiger charge is -2.23. The molecule has 2 N–H and O–H groups in total. The van der Waals surface area contributed by atoms with Crippen molar-refractivity contribution in [3.8, 4) is 5.75 Å². The SMILES string of the molecule is COc1ccc(NC(=O)CN2C[C@@H]3CCC[C@@]3(C(=O)O)C2)cc1Cl. The second-order valence-electron chi connectivity index (χ2n) is 6.62. The summed E-state index contributed by atoms with van der Waals surface area (Å²) in [6.07, 6.45) is 2.60. The van der Waals surface area contributed by atoms with Crippen LogP contribution in [0.3, 0.4) is 0 Å². The van der Waals surface area contributed by atoms with E-state index in [1.54, 1.807) is 18.2 Å². The number of halogens is 1. The highest BCUT2D eigenvalue weighted by Crippen LogP contribution is 2.48. The van der Waals surface area contributed by atoms with Gasteiger partial charge in [-0.05, 0) is 37.0 Å². The molecule has 2 atom stereocenters. The molecular formula is C17H21ClN2O4. The van der Waals surface area contributed by atoms with Crippen molar-refractivity contribution in [3.63, 3.8) is 0 Å². The van der Waals surface area contributed by atoms with Crippen LogP contribution in [0.1, 0.15) is 19.3 Å². The molecule has 2 aliphatic rings. The molecule has 1 aliphatic carbocycles. The van der Waals surface area contributed by atoms with E-state index < -0.39 is 11.4 Å². The topological polar surface area (TPSA) is 78.9 Å². The Kier molecular flexibility index (Phi) is 4.69. The van der Waals surface area contributed by atoms with Gasteiger partial charge in [-0.1, -0.05) is 18.0 Å². The van der Waals surface area contributed by atoms with E-state index in [-0.39, 0.29) is 18.4 Å². The summed E-state index contributed by atoms with van der Waals surface area (Å²) < 4.78 is 5.08. The molecule has 2 fully saturated rings. The van der Waals surface area contributed by atoms with Crippen molar-refractivity contribution in [2.75, 3.05) is 32.1 Å².